The molecule has 2 rings (SSSR count). The maximum Gasteiger partial charge on any atom is 0.156 e. The lowest BCUT2D eigenvalue weighted by molar-refractivity contribution is 0.838. The summed E-state index contributed by atoms with van der Waals surface area (Å²) in [4.78, 5) is 4.28. The first kappa shape index (κ1) is 15.8. The van der Waals surface area contributed by atoms with Gasteiger partial charge in [-0.1, -0.05) is 47.5 Å². The highest BCUT2D eigenvalue weighted by Crippen LogP contribution is 2.40. The zero-order valence-electron chi connectivity index (χ0n) is 13.9. The molecular weight excluding hydrogens is 274 g/mol. The quantitative estimate of drug-likeness (QED) is 0.668. The summed E-state index contributed by atoms with van der Waals surface area (Å²) < 4.78 is 0. The van der Waals surface area contributed by atoms with Crippen LogP contribution in [0.2, 0.25) is 16.6 Å². The number of rotatable bonds is 3. The number of hydrogen-bond donors (Lipinski definition) is 1. The molecule has 0 aromatic carbocycles. The van der Waals surface area contributed by atoms with Crippen LogP contribution in [0.15, 0.2) is 18.5 Å². The van der Waals surface area contributed by atoms with Crippen LogP contribution in [0.25, 0.3) is 11.0 Å². The van der Waals surface area contributed by atoms with Crippen LogP contribution in [-0.4, -0.2) is 23.3 Å². The third-order valence-electron chi connectivity index (χ3n) is 4.63. The van der Waals surface area contributed by atoms with Gasteiger partial charge < -0.3 is 0 Å². The van der Waals surface area contributed by atoms with E-state index in [4.69, 9.17) is 0 Å². The Balaban J connectivity index is 2.54. The SMILES string of the molecule is CC(C)[Si](C#Cc1ccnc2[nH]ncc12)(C(C)C)C(C)C. The molecule has 1 N–H and O–H groups in total. The monoisotopic (exact) mass is 299 g/mol. The van der Waals surface area contributed by atoms with Gasteiger partial charge in [0.2, 0.25) is 0 Å². The minimum atomic E-state index is -1.69. The van der Waals surface area contributed by atoms with Crippen molar-refractivity contribution in [2.75, 3.05) is 0 Å². The zero-order chi connectivity index (χ0) is 15.6. The summed E-state index contributed by atoms with van der Waals surface area (Å²) in [7, 11) is -1.69. The van der Waals surface area contributed by atoms with Crippen LogP contribution >= 0.6 is 0 Å². The minimum absolute atomic E-state index is 0.645. The van der Waals surface area contributed by atoms with E-state index in [0.29, 0.717) is 16.6 Å². The van der Waals surface area contributed by atoms with Crippen LogP contribution in [0, 0.1) is 11.5 Å². The topological polar surface area (TPSA) is 41.6 Å². The fourth-order valence-electron chi connectivity index (χ4n) is 3.57. The van der Waals surface area contributed by atoms with Crippen molar-refractivity contribution in [3.05, 3.63) is 24.0 Å². The Morgan fingerprint density at radius 2 is 1.67 bits per heavy atom. The van der Waals surface area contributed by atoms with Gasteiger partial charge in [-0.25, -0.2) is 4.98 Å². The molecule has 0 fully saturated rings. The molecule has 0 saturated carbocycles. The average molecular weight is 299 g/mol. The van der Waals surface area contributed by atoms with Gasteiger partial charge >= 0.3 is 0 Å². The number of aromatic nitrogens is 3. The molecular formula is C17H25N3Si. The molecule has 2 aromatic heterocycles. The molecule has 112 valence electrons. The van der Waals surface area contributed by atoms with Crippen LogP contribution in [0.5, 0.6) is 0 Å². The van der Waals surface area contributed by atoms with Crippen molar-refractivity contribution < 1.29 is 0 Å². The average Bonchev–Trinajstić information content (AvgIpc) is 2.87. The normalized spacial score (nSPS) is 12.2. The lowest BCUT2D eigenvalue weighted by Gasteiger charge is -2.38. The van der Waals surface area contributed by atoms with Gasteiger partial charge in [-0.05, 0) is 22.7 Å². The van der Waals surface area contributed by atoms with E-state index < -0.39 is 8.07 Å². The number of hydrogen-bond acceptors (Lipinski definition) is 2. The van der Waals surface area contributed by atoms with E-state index in [0.717, 1.165) is 16.6 Å². The van der Waals surface area contributed by atoms with Crippen LogP contribution in [0.3, 0.4) is 0 Å². The Kier molecular flexibility index (Phi) is 4.53. The molecule has 21 heavy (non-hydrogen) atoms. The Morgan fingerprint density at radius 1 is 1.05 bits per heavy atom. The van der Waals surface area contributed by atoms with Crippen molar-refractivity contribution in [1.82, 2.24) is 15.2 Å². The second-order valence-electron chi connectivity index (χ2n) is 6.64. The van der Waals surface area contributed by atoms with Crippen LogP contribution in [0.1, 0.15) is 47.1 Å². The Morgan fingerprint density at radius 3 is 2.24 bits per heavy atom. The predicted molar refractivity (Wildman–Crippen MR) is 91.8 cm³/mol. The van der Waals surface area contributed by atoms with Crippen molar-refractivity contribution in [3.8, 4) is 11.5 Å². The molecule has 2 aromatic rings. The van der Waals surface area contributed by atoms with Gasteiger partial charge in [-0.2, -0.15) is 5.10 Å². The maximum atomic E-state index is 4.28. The number of aromatic amines is 1. The summed E-state index contributed by atoms with van der Waals surface area (Å²) in [6, 6.07) is 1.99. The molecule has 0 saturated heterocycles. The Hall–Kier alpha value is -1.60. The highest BCUT2D eigenvalue weighted by molar-refractivity contribution is 6.90. The molecule has 0 spiro atoms. The van der Waals surface area contributed by atoms with E-state index in [2.05, 4.69) is 68.2 Å². The predicted octanol–water partition coefficient (Wildman–Crippen LogP) is 4.53. The van der Waals surface area contributed by atoms with Gasteiger partial charge in [-0.15, -0.1) is 5.54 Å². The van der Waals surface area contributed by atoms with Gasteiger partial charge in [0.1, 0.15) is 8.07 Å². The van der Waals surface area contributed by atoms with Crippen molar-refractivity contribution in [2.45, 2.75) is 58.2 Å². The third-order valence-corrected chi connectivity index (χ3v) is 10.9. The van der Waals surface area contributed by atoms with Crippen LogP contribution < -0.4 is 0 Å². The molecule has 4 heteroatoms. The molecule has 0 unspecified atom stereocenters. The van der Waals surface area contributed by atoms with E-state index in [1.807, 2.05) is 12.3 Å². The summed E-state index contributed by atoms with van der Waals surface area (Å²) >= 11 is 0. The molecule has 0 aliphatic rings. The molecule has 0 radical (unpaired) electrons. The van der Waals surface area contributed by atoms with E-state index in [1.54, 1.807) is 6.20 Å². The van der Waals surface area contributed by atoms with E-state index in [-0.39, 0.29) is 0 Å². The standard InChI is InChI=1S/C17H25N3Si/c1-12(2)21(13(3)4,14(5)6)10-8-15-7-9-18-17-16(15)11-19-20-17/h7,9,11-14H,1-6H3,(H,18,19,20). The highest BCUT2D eigenvalue weighted by Gasteiger charge is 2.41. The highest BCUT2D eigenvalue weighted by atomic mass is 28.3. The fourth-order valence-corrected chi connectivity index (χ4v) is 8.79. The molecule has 0 aliphatic heterocycles. The smallest absolute Gasteiger partial charge is 0.156 e. The van der Waals surface area contributed by atoms with Crippen molar-refractivity contribution in [1.29, 1.82) is 0 Å². The van der Waals surface area contributed by atoms with Gasteiger partial charge in [0.15, 0.2) is 5.65 Å². The second-order valence-corrected chi connectivity index (χ2v) is 12.2. The minimum Gasteiger partial charge on any atom is -0.261 e. The lowest BCUT2D eigenvalue weighted by atomic mass is 10.2. The zero-order valence-corrected chi connectivity index (χ0v) is 14.9. The van der Waals surface area contributed by atoms with E-state index in [1.165, 1.54) is 0 Å². The van der Waals surface area contributed by atoms with Gasteiger partial charge in [0.25, 0.3) is 0 Å². The Labute approximate surface area is 128 Å². The van der Waals surface area contributed by atoms with E-state index >= 15 is 0 Å². The lowest BCUT2D eigenvalue weighted by Crippen LogP contribution is -2.43. The number of H-pyrrole nitrogens is 1. The molecule has 3 nitrogen and oxygen atoms in total. The number of pyridine rings is 1. The number of fused-ring (bicyclic) bond motifs is 1. The van der Waals surface area contributed by atoms with E-state index in [9.17, 15) is 0 Å². The summed E-state index contributed by atoms with van der Waals surface area (Å²) in [5.74, 6) is 3.47. The van der Waals surface area contributed by atoms with Gasteiger partial charge in [-0.3, -0.25) is 5.10 Å². The third kappa shape index (κ3) is 2.75. The van der Waals surface area contributed by atoms with Crippen LogP contribution in [-0.2, 0) is 0 Å². The first-order chi connectivity index (χ1) is 9.89. The van der Waals surface area contributed by atoms with Crippen molar-refractivity contribution in [3.63, 3.8) is 0 Å². The van der Waals surface area contributed by atoms with Gasteiger partial charge in [0, 0.05) is 11.8 Å². The number of nitrogens with zero attached hydrogens (tertiary/aromatic N) is 2. The van der Waals surface area contributed by atoms with Crippen molar-refractivity contribution in [2.24, 2.45) is 0 Å². The van der Waals surface area contributed by atoms with Crippen molar-refractivity contribution >= 4 is 19.1 Å². The largest absolute Gasteiger partial charge is 0.261 e. The summed E-state index contributed by atoms with van der Waals surface area (Å²) in [6.07, 6.45) is 3.61. The molecule has 0 atom stereocenters. The molecule has 2 heterocycles. The molecule has 0 amide bonds. The molecule has 0 aliphatic carbocycles. The summed E-state index contributed by atoms with van der Waals surface area (Å²) in [6.45, 7) is 14.0. The van der Waals surface area contributed by atoms with Crippen LogP contribution in [0.4, 0.5) is 0 Å². The number of nitrogens with one attached hydrogen (secondary N) is 1. The second kappa shape index (κ2) is 6.03. The first-order valence-corrected chi connectivity index (χ1v) is 9.94. The van der Waals surface area contributed by atoms with Gasteiger partial charge in [0.05, 0.1) is 11.6 Å². The summed E-state index contributed by atoms with van der Waals surface area (Å²) in [5.41, 5.74) is 7.53. The fraction of sp³-hybridized carbons (Fsp3) is 0.529. The first-order valence-electron chi connectivity index (χ1n) is 7.70. The molecule has 0 bridgehead atoms. The summed E-state index contributed by atoms with van der Waals surface area (Å²) in [5, 5.41) is 7.99. The Bertz CT molecular complexity index is 652. The maximum absolute atomic E-state index is 4.28.